The van der Waals surface area contributed by atoms with E-state index in [9.17, 15) is 19.5 Å². The molecule has 0 bridgehead atoms. The molecular formula is C14H27N3O4. The SMILES string of the molecule is CC[C@H](C)[C@H](NC(=O)[C@@H](NC(=O)[C@H](C)N)C(C)C)C(=O)O. The van der Waals surface area contributed by atoms with Gasteiger partial charge in [-0.3, -0.25) is 9.59 Å². The van der Waals surface area contributed by atoms with E-state index in [1.807, 2.05) is 6.92 Å². The number of carbonyl (C=O) groups excluding carboxylic acids is 2. The van der Waals surface area contributed by atoms with E-state index in [4.69, 9.17) is 5.73 Å². The van der Waals surface area contributed by atoms with Gasteiger partial charge < -0.3 is 21.5 Å². The maximum absolute atomic E-state index is 12.2. The summed E-state index contributed by atoms with van der Waals surface area (Å²) >= 11 is 0. The summed E-state index contributed by atoms with van der Waals surface area (Å²) in [6, 6.07) is -2.52. The molecule has 0 radical (unpaired) electrons. The highest BCUT2D eigenvalue weighted by molar-refractivity contribution is 5.91. The molecule has 7 heteroatoms. The topological polar surface area (TPSA) is 122 Å². The van der Waals surface area contributed by atoms with E-state index >= 15 is 0 Å². The Morgan fingerprint density at radius 3 is 1.81 bits per heavy atom. The normalized spacial score (nSPS) is 16.7. The minimum atomic E-state index is -1.08. The maximum Gasteiger partial charge on any atom is 0.326 e. The lowest BCUT2D eigenvalue weighted by atomic mass is 9.97. The van der Waals surface area contributed by atoms with Crippen molar-refractivity contribution in [3.05, 3.63) is 0 Å². The zero-order valence-corrected chi connectivity index (χ0v) is 13.3. The van der Waals surface area contributed by atoms with Crippen LogP contribution in [0.25, 0.3) is 0 Å². The average Bonchev–Trinajstić information content (AvgIpc) is 2.39. The predicted molar refractivity (Wildman–Crippen MR) is 79.4 cm³/mol. The van der Waals surface area contributed by atoms with Crippen LogP contribution in [0.15, 0.2) is 0 Å². The van der Waals surface area contributed by atoms with Crippen LogP contribution in [0, 0.1) is 11.8 Å². The Morgan fingerprint density at radius 2 is 1.48 bits per heavy atom. The molecule has 0 aliphatic carbocycles. The number of amides is 2. The summed E-state index contributed by atoms with van der Waals surface area (Å²) in [5, 5.41) is 14.2. The molecule has 0 saturated heterocycles. The molecule has 2 amide bonds. The van der Waals surface area contributed by atoms with Crippen LogP contribution in [0.2, 0.25) is 0 Å². The van der Waals surface area contributed by atoms with Gasteiger partial charge in [-0.25, -0.2) is 4.79 Å². The van der Waals surface area contributed by atoms with Gasteiger partial charge in [-0.05, 0) is 18.8 Å². The summed E-state index contributed by atoms with van der Waals surface area (Å²) in [5.74, 6) is -2.42. The first-order valence-electron chi connectivity index (χ1n) is 7.20. The van der Waals surface area contributed by atoms with Gasteiger partial charge in [0.05, 0.1) is 6.04 Å². The summed E-state index contributed by atoms with van der Waals surface area (Å²) in [7, 11) is 0. The van der Waals surface area contributed by atoms with Gasteiger partial charge in [-0.15, -0.1) is 0 Å². The third-order valence-electron chi connectivity index (χ3n) is 3.44. The lowest BCUT2D eigenvalue weighted by Crippen LogP contribution is -2.57. The monoisotopic (exact) mass is 301 g/mol. The summed E-state index contributed by atoms with van der Waals surface area (Å²) in [6.07, 6.45) is 0.621. The van der Waals surface area contributed by atoms with E-state index in [1.54, 1.807) is 20.8 Å². The van der Waals surface area contributed by atoms with Crippen molar-refractivity contribution >= 4 is 17.8 Å². The first-order chi connectivity index (χ1) is 9.61. The molecule has 122 valence electrons. The molecule has 0 aliphatic rings. The first kappa shape index (κ1) is 19.4. The summed E-state index contributed by atoms with van der Waals surface area (Å²) in [4.78, 5) is 35.1. The van der Waals surface area contributed by atoms with Gasteiger partial charge >= 0.3 is 5.97 Å². The number of nitrogens with one attached hydrogen (secondary N) is 2. The van der Waals surface area contributed by atoms with Gasteiger partial charge in [-0.1, -0.05) is 34.1 Å². The number of hydrogen-bond donors (Lipinski definition) is 4. The molecule has 7 nitrogen and oxygen atoms in total. The molecule has 0 saturated carbocycles. The minimum Gasteiger partial charge on any atom is -0.480 e. The fraction of sp³-hybridized carbons (Fsp3) is 0.786. The number of carboxylic acid groups (broad SMARTS) is 1. The smallest absolute Gasteiger partial charge is 0.326 e. The fourth-order valence-electron chi connectivity index (χ4n) is 1.75. The Kier molecular flexibility index (Phi) is 7.94. The molecular weight excluding hydrogens is 274 g/mol. The molecule has 0 aromatic rings. The lowest BCUT2D eigenvalue weighted by molar-refractivity contribution is -0.144. The molecule has 4 atom stereocenters. The molecule has 21 heavy (non-hydrogen) atoms. The molecule has 0 aromatic heterocycles. The average molecular weight is 301 g/mol. The van der Waals surface area contributed by atoms with E-state index in [1.165, 1.54) is 6.92 Å². The van der Waals surface area contributed by atoms with Crippen molar-refractivity contribution in [2.75, 3.05) is 0 Å². The Bertz CT molecular complexity index is 382. The van der Waals surface area contributed by atoms with E-state index in [0.29, 0.717) is 6.42 Å². The van der Waals surface area contributed by atoms with Crippen molar-refractivity contribution in [2.24, 2.45) is 17.6 Å². The zero-order chi connectivity index (χ0) is 16.7. The Balaban J connectivity index is 4.97. The molecule has 5 N–H and O–H groups in total. The van der Waals surface area contributed by atoms with Crippen molar-refractivity contribution in [3.63, 3.8) is 0 Å². The first-order valence-corrected chi connectivity index (χ1v) is 7.20. The van der Waals surface area contributed by atoms with Gasteiger partial charge in [0, 0.05) is 0 Å². The van der Waals surface area contributed by atoms with Crippen molar-refractivity contribution in [1.29, 1.82) is 0 Å². The highest BCUT2D eigenvalue weighted by Crippen LogP contribution is 2.10. The van der Waals surface area contributed by atoms with Crippen LogP contribution in [-0.4, -0.2) is 41.0 Å². The van der Waals surface area contributed by atoms with Crippen LogP contribution >= 0.6 is 0 Å². The zero-order valence-electron chi connectivity index (χ0n) is 13.3. The summed E-state index contributed by atoms with van der Waals surface area (Å²) in [5.41, 5.74) is 5.47. The third kappa shape index (κ3) is 6.12. The molecule has 0 heterocycles. The molecule has 0 aromatic carbocycles. The van der Waals surface area contributed by atoms with Crippen LogP contribution in [0.4, 0.5) is 0 Å². The molecule has 0 aliphatic heterocycles. The second kappa shape index (κ2) is 8.61. The van der Waals surface area contributed by atoms with E-state index in [2.05, 4.69) is 10.6 Å². The van der Waals surface area contributed by atoms with Gasteiger partial charge in [0.1, 0.15) is 12.1 Å². The van der Waals surface area contributed by atoms with Crippen LogP contribution in [0.5, 0.6) is 0 Å². The van der Waals surface area contributed by atoms with Crippen molar-refractivity contribution in [3.8, 4) is 0 Å². The summed E-state index contributed by atoms with van der Waals surface area (Å²) in [6.45, 7) is 8.66. The van der Waals surface area contributed by atoms with Gasteiger partial charge in [0.25, 0.3) is 0 Å². The van der Waals surface area contributed by atoms with E-state index in [0.717, 1.165) is 0 Å². The van der Waals surface area contributed by atoms with Crippen LogP contribution in [-0.2, 0) is 14.4 Å². The number of nitrogens with two attached hydrogens (primary N) is 1. The Hall–Kier alpha value is -1.63. The maximum atomic E-state index is 12.2. The highest BCUT2D eigenvalue weighted by atomic mass is 16.4. The third-order valence-corrected chi connectivity index (χ3v) is 3.44. The van der Waals surface area contributed by atoms with Gasteiger partial charge in [-0.2, -0.15) is 0 Å². The molecule has 0 unspecified atom stereocenters. The van der Waals surface area contributed by atoms with Crippen LogP contribution in [0.1, 0.15) is 41.0 Å². The lowest BCUT2D eigenvalue weighted by Gasteiger charge is -2.26. The Labute approximate surface area is 125 Å². The number of hydrogen-bond acceptors (Lipinski definition) is 4. The van der Waals surface area contributed by atoms with Gasteiger partial charge in [0.15, 0.2) is 0 Å². The van der Waals surface area contributed by atoms with Crippen molar-refractivity contribution < 1.29 is 19.5 Å². The molecule has 0 fully saturated rings. The molecule has 0 rings (SSSR count). The van der Waals surface area contributed by atoms with Crippen molar-refractivity contribution in [1.82, 2.24) is 10.6 Å². The standard InChI is InChI=1S/C14H27N3O4/c1-6-8(4)11(14(20)21)17-13(19)10(7(2)3)16-12(18)9(5)15/h7-11H,6,15H2,1-5H3,(H,16,18)(H,17,19)(H,20,21)/t8-,9-,10-,11-/m0/s1. The molecule has 0 spiro atoms. The highest BCUT2D eigenvalue weighted by Gasteiger charge is 2.31. The minimum absolute atomic E-state index is 0.181. The van der Waals surface area contributed by atoms with E-state index < -0.39 is 35.9 Å². The quantitative estimate of drug-likeness (QED) is 0.506. The Morgan fingerprint density at radius 1 is 1.00 bits per heavy atom. The second-order valence-electron chi connectivity index (χ2n) is 5.73. The van der Waals surface area contributed by atoms with Gasteiger partial charge in [0.2, 0.25) is 11.8 Å². The fourth-order valence-corrected chi connectivity index (χ4v) is 1.75. The number of aliphatic carboxylic acids is 1. The van der Waals surface area contributed by atoms with Crippen LogP contribution < -0.4 is 16.4 Å². The number of carboxylic acids is 1. The second-order valence-corrected chi connectivity index (χ2v) is 5.73. The van der Waals surface area contributed by atoms with Crippen molar-refractivity contribution in [2.45, 2.75) is 59.2 Å². The van der Waals surface area contributed by atoms with Crippen LogP contribution in [0.3, 0.4) is 0 Å². The number of carbonyl (C=O) groups is 3. The van der Waals surface area contributed by atoms with E-state index in [-0.39, 0.29) is 11.8 Å². The largest absolute Gasteiger partial charge is 0.480 e. The number of rotatable bonds is 8. The summed E-state index contributed by atoms with van der Waals surface area (Å²) < 4.78 is 0. The predicted octanol–water partition coefficient (Wildman–Crippen LogP) is 0.0899.